The number of hydrogen-bond acceptors (Lipinski definition) is 7. The first-order valence-corrected chi connectivity index (χ1v) is 11.4. The molecule has 2 N–H and O–H groups in total. The van der Waals surface area contributed by atoms with Crippen molar-refractivity contribution in [3.8, 4) is 28.8 Å². The number of aromatic amines is 1. The van der Waals surface area contributed by atoms with E-state index in [-0.39, 0.29) is 23.8 Å². The first kappa shape index (κ1) is 23.4. The van der Waals surface area contributed by atoms with Gasteiger partial charge in [-0.3, -0.25) is 9.59 Å². The van der Waals surface area contributed by atoms with Crippen LogP contribution in [0.4, 0.5) is 0 Å². The number of H-pyrrole nitrogens is 1. The third-order valence-electron chi connectivity index (χ3n) is 4.39. The molecule has 0 spiro atoms. The molecule has 1 amide bonds. The fourth-order valence-electron chi connectivity index (χ4n) is 2.84. The minimum Gasteiger partial charge on any atom is -0.493 e. The van der Waals surface area contributed by atoms with Gasteiger partial charge in [0, 0.05) is 12.1 Å². The second kappa shape index (κ2) is 10.8. The van der Waals surface area contributed by atoms with Crippen LogP contribution >= 0.6 is 27.7 Å². The van der Waals surface area contributed by atoms with Crippen LogP contribution in [0.5, 0.6) is 11.5 Å². The summed E-state index contributed by atoms with van der Waals surface area (Å²) in [7, 11) is 1.46. The zero-order chi connectivity index (χ0) is 23.1. The molecule has 3 aromatic rings. The number of hydrogen-bond donors (Lipinski definition) is 2. The molecule has 0 aliphatic rings. The molecule has 0 saturated carbocycles. The van der Waals surface area contributed by atoms with Gasteiger partial charge in [-0.1, -0.05) is 42.1 Å². The first-order valence-electron chi connectivity index (χ1n) is 9.36. The van der Waals surface area contributed by atoms with E-state index in [0.717, 1.165) is 5.56 Å². The normalized spacial score (nSPS) is 10.3. The van der Waals surface area contributed by atoms with Crippen LogP contribution in [0, 0.1) is 11.3 Å². The van der Waals surface area contributed by atoms with Crippen LogP contribution in [0.25, 0.3) is 11.3 Å². The highest BCUT2D eigenvalue weighted by molar-refractivity contribution is 9.10. The van der Waals surface area contributed by atoms with Gasteiger partial charge in [-0.05, 0) is 39.9 Å². The molecular formula is C22H19BrN4O4S. The summed E-state index contributed by atoms with van der Waals surface area (Å²) in [5, 5.41) is 12.6. The smallest absolute Gasteiger partial charge is 0.270 e. The molecule has 0 radical (unpaired) electrons. The highest BCUT2D eigenvalue weighted by Crippen LogP contribution is 2.39. The van der Waals surface area contributed by atoms with Crippen molar-refractivity contribution in [1.82, 2.24) is 15.3 Å². The molecule has 2 aromatic carbocycles. The van der Waals surface area contributed by atoms with Crippen LogP contribution in [-0.2, 0) is 11.3 Å². The summed E-state index contributed by atoms with van der Waals surface area (Å²) in [6.45, 7) is 0.174. The van der Waals surface area contributed by atoms with Crippen molar-refractivity contribution >= 4 is 33.6 Å². The average Bonchev–Trinajstić information content (AvgIpc) is 2.81. The zero-order valence-electron chi connectivity index (χ0n) is 17.3. The van der Waals surface area contributed by atoms with Gasteiger partial charge < -0.3 is 19.8 Å². The van der Waals surface area contributed by atoms with Gasteiger partial charge in [0.25, 0.3) is 11.5 Å². The Labute approximate surface area is 197 Å². The van der Waals surface area contributed by atoms with E-state index in [1.807, 2.05) is 36.4 Å². The number of nitriles is 1. The number of ether oxygens (including phenoxy) is 2. The zero-order valence-corrected chi connectivity index (χ0v) is 19.7. The molecule has 10 heteroatoms. The van der Waals surface area contributed by atoms with Crippen LogP contribution in [0.2, 0.25) is 0 Å². The number of methoxy groups -OCH3 is 1. The molecule has 0 unspecified atom stereocenters. The number of amides is 1. The van der Waals surface area contributed by atoms with Crippen LogP contribution in [0.1, 0.15) is 11.1 Å². The monoisotopic (exact) mass is 514 g/mol. The average molecular weight is 515 g/mol. The minimum absolute atomic E-state index is 0.106. The van der Waals surface area contributed by atoms with E-state index in [1.165, 1.54) is 18.9 Å². The lowest BCUT2D eigenvalue weighted by Crippen LogP contribution is -2.28. The van der Waals surface area contributed by atoms with Gasteiger partial charge in [-0.25, -0.2) is 4.98 Å². The molecule has 3 rings (SSSR count). The fraction of sp³-hybridized carbons (Fsp3) is 0.182. The lowest BCUT2D eigenvalue weighted by Gasteiger charge is -2.15. The van der Waals surface area contributed by atoms with E-state index >= 15 is 0 Å². The molecule has 0 aliphatic heterocycles. The Morgan fingerprint density at radius 1 is 1.31 bits per heavy atom. The summed E-state index contributed by atoms with van der Waals surface area (Å²) in [4.78, 5) is 31.4. The van der Waals surface area contributed by atoms with Crippen LogP contribution in [0.15, 0.2) is 56.9 Å². The van der Waals surface area contributed by atoms with E-state index in [9.17, 15) is 14.9 Å². The topological polar surface area (TPSA) is 117 Å². The number of carbonyl (C=O) groups excluding carboxylic acids is 1. The van der Waals surface area contributed by atoms with Gasteiger partial charge in [0.1, 0.15) is 11.6 Å². The highest BCUT2D eigenvalue weighted by Gasteiger charge is 2.19. The molecule has 32 heavy (non-hydrogen) atoms. The number of carbonyl (C=O) groups is 1. The maximum Gasteiger partial charge on any atom is 0.270 e. The fourth-order valence-corrected chi connectivity index (χ4v) is 3.78. The molecule has 0 bridgehead atoms. The van der Waals surface area contributed by atoms with E-state index < -0.39 is 5.56 Å². The second-order valence-corrected chi connectivity index (χ2v) is 8.10. The van der Waals surface area contributed by atoms with E-state index in [2.05, 4.69) is 31.2 Å². The van der Waals surface area contributed by atoms with Gasteiger partial charge in [0.05, 0.1) is 17.3 Å². The summed E-state index contributed by atoms with van der Waals surface area (Å²) in [5.74, 6) is 0.348. The Bertz CT molecular complexity index is 1230. The van der Waals surface area contributed by atoms with Crippen molar-refractivity contribution in [2.24, 2.45) is 0 Å². The van der Waals surface area contributed by atoms with Gasteiger partial charge >= 0.3 is 0 Å². The SMILES string of the molecule is COc1cc(-c2nc(SC)[nH]c(=O)c2C#N)cc(Br)c1OCC(=O)NCc1ccccc1. The third kappa shape index (κ3) is 5.49. The second-order valence-electron chi connectivity index (χ2n) is 6.45. The van der Waals surface area contributed by atoms with Crippen LogP contribution in [-0.4, -0.2) is 35.8 Å². The molecule has 164 valence electrons. The molecule has 1 heterocycles. The quantitative estimate of drug-likeness (QED) is 0.348. The summed E-state index contributed by atoms with van der Waals surface area (Å²) in [5.41, 5.74) is 1.07. The number of benzene rings is 2. The number of aromatic nitrogens is 2. The maximum absolute atomic E-state index is 12.2. The van der Waals surface area contributed by atoms with E-state index in [1.54, 1.807) is 18.4 Å². The lowest BCUT2D eigenvalue weighted by atomic mass is 10.1. The molecule has 0 aliphatic carbocycles. The number of halogens is 1. The van der Waals surface area contributed by atoms with Crippen molar-refractivity contribution in [2.75, 3.05) is 20.0 Å². The Balaban J connectivity index is 1.82. The van der Waals surface area contributed by atoms with Crippen molar-refractivity contribution < 1.29 is 14.3 Å². The summed E-state index contributed by atoms with van der Waals surface area (Å²) >= 11 is 4.68. The van der Waals surface area contributed by atoms with Gasteiger partial charge in [-0.2, -0.15) is 5.26 Å². The summed E-state index contributed by atoms with van der Waals surface area (Å²) in [6, 6.07) is 14.7. The van der Waals surface area contributed by atoms with E-state index in [0.29, 0.717) is 33.2 Å². The van der Waals surface area contributed by atoms with Gasteiger partial charge in [0.15, 0.2) is 23.3 Å². The molecule has 8 nitrogen and oxygen atoms in total. The summed E-state index contributed by atoms with van der Waals surface area (Å²) < 4.78 is 11.6. The number of nitrogens with zero attached hydrogens (tertiary/aromatic N) is 2. The maximum atomic E-state index is 12.2. The molecular weight excluding hydrogens is 496 g/mol. The Kier molecular flexibility index (Phi) is 7.92. The lowest BCUT2D eigenvalue weighted by molar-refractivity contribution is -0.123. The predicted octanol–water partition coefficient (Wildman–Crippen LogP) is 3.50. The van der Waals surface area contributed by atoms with Crippen molar-refractivity contribution in [3.63, 3.8) is 0 Å². The standard InChI is InChI=1S/C22H19BrN4O4S/c1-30-17-9-14(19-15(10-24)21(29)27-22(26-19)32-2)8-16(23)20(17)31-12-18(28)25-11-13-6-4-3-5-7-13/h3-9H,11-12H2,1-2H3,(H,25,28)(H,26,27,29). The highest BCUT2D eigenvalue weighted by atomic mass is 79.9. The van der Waals surface area contributed by atoms with Crippen molar-refractivity contribution in [2.45, 2.75) is 11.7 Å². The van der Waals surface area contributed by atoms with Crippen LogP contribution < -0.4 is 20.3 Å². The van der Waals surface area contributed by atoms with Crippen LogP contribution in [0.3, 0.4) is 0 Å². The Morgan fingerprint density at radius 2 is 2.06 bits per heavy atom. The van der Waals surface area contributed by atoms with Crippen molar-refractivity contribution in [1.29, 1.82) is 5.26 Å². The van der Waals surface area contributed by atoms with Gasteiger partial charge in [0.2, 0.25) is 0 Å². The van der Waals surface area contributed by atoms with E-state index in [4.69, 9.17) is 9.47 Å². The molecule has 0 atom stereocenters. The predicted molar refractivity (Wildman–Crippen MR) is 125 cm³/mol. The number of rotatable bonds is 8. The summed E-state index contributed by atoms with van der Waals surface area (Å²) in [6.07, 6.45) is 1.77. The van der Waals surface area contributed by atoms with Gasteiger partial charge in [-0.15, -0.1) is 0 Å². The Hall–Kier alpha value is -3.29. The number of nitrogens with one attached hydrogen (secondary N) is 2. The van der Waals surface area contributed by atoms with Crippen molar-refractivity contribution in [3.05, 3.63) is 68.4 Å². The largest absolute Gasteiger partial charge is 0.493 e. The first-order chi connectivity index (χ1) is 15.5. The minimum atomic E-state index is -0.521. The Morgan fingerprint density at radius 3 is 2.72 bits per heavy atom. The number of thioether (sulfide) groups is 1. The molecule has 0 saturated heterocycles. The molecule has 0 fully saturated rings. The molecule has 1 aromatic heterocycles. The third-order valence-corrected chi connectivity index (χ3v) is 5.55.